The molecule has 1 aromatic carbocycles. The number of hydrogen-bond donors (Lipinski definition) is 0. The molecule has 104 valence electrons. The Labute approximate surface area is 119 Å². The quantitative estimate of drug-likeness (QED) is 0.365. The summed E-state index contributed by atoms with van der Waals surface area (Å²) in [6, 6.07) is 9.56. The zero-order valence-electron chi connectivity index (χ0n) is 12.2. The second-order valence-corrected chi connectivity index (χ2v) is 4.54. The monoisotopic (exact) mass is 270 g/mol. The molecule has 0 aliphatic carbocycles. The topological polar surface area (TPSA) is 53.3 Å². The van der Waals surface area contributed by atoms with Crippen molar-refractivity contribution in [1.29, 1.82) is 5.26 Å². The molecule has 0 bridgehead atoms. The Morgan fingerprint density at radius 1 is 1.30 bits per heavy atom. The highest BCUT2D eigenvalue weighted by Crippen LogP contribution is 2.22. The molecule has 1 aromatic rings. The number of nitrogens with zero attached hydrogens (tertiary/aromatic N) is 2. The van der Waals surface area contributed by atoms with Crippen molar-refractivity contribution in [2.24, 2.45) is 0 Å². The Hall–Kier alpha value is -2.54. The molecule has 0 saturated carbocycles. The van der Waals surface area contributed by atoms with Gasteiger partial charge in [0.2, 0.25) is 0 Å². The zero-order chi connectivity index (χ0) is 15.1. The van der Waals surface area contributed by atoms with E-state index in [1.807, 2.05) is 56.3 Å². The molecule has 4 nitrogen and oxygen atoms in total. The number of esters is 1. The van der Waals surface area contributed by atoms with Crippen LogP contribution >= 0.6 is 0 Å². The molecule has 0 saturated heterocycles. The van der Waals surface area contributed by atoms with Crippen molar-refractivity contribution in [2.45, 2.75) is 6.92 Å². The van der Waals surface area contributed by atoms with E-state index in [0.717, 1.165) is 11.1 Å². The van der Waals surface area contributed by atoms with E-state index >= 15 is 0 Å². The lowest BCUT2D eigenvalue weighted by Gasteiger charge is -2.09. The molecule has 0 spiro atoms. The zero-order valence-corrected chi connectivity index (χ0v) is 12.2. The van der Waals surface area contributed by atoms with Crippen molar-refractivity contribution >= 4 is 11.5 Å². The van der Waals surface area contributed by atoms with Crippen molar-refractivity contribution in [3.63, 3.8) is 0 Å². The smallest absolute Gasteiger partial charge is 0.349 e. The molecule has 4 heteroatoms. The second kappa shape index (κ2) is 7.15. The largest absolute Gasteiger partial charge is 0.465 e. The summed E-state index contributed by atoms with van der Waals surface area (Å²) in [5.74, 6) is -0.633. The number of allylic oxidation sites excluding steroid dienone is 2. The van der Waals surface area contributed by atoms with Gasteiger partial charge in [-0.15, -0.1) is 0 Å². The average Bonchev–Trinajstić information content (AvgIpc) is 2.43. The lowest BCUT2D eigenvalue weighted by Crippen LogP contribution is -2.06. The molecule has 0 aromatic heterocycles. The maximum Gasteiger partial charge on any atom is 0.349 e. The predicted octanol–water partition coefficient (Wildman–Crippen LogP) is 2.52. The number of rotatable bonds is 4. The second-order valence-electron chi connectivity index (χ2n) is 4.54. The van der Waals surface area contributed by atoms with Gasteiger partial charge < -0.3 is 9.64 Å². The first-order valence-corrected chi connectivity index (χ1v) is 6.14. The van der Waals surface area contributed by atoms with Gasteiger partial charge in [0, 0.05) is 19.7 Å². The van der Waals surface area contributed by atoms with Crippen molar-refractivity contribution in [3.8, 4) is 6.07 Å². The molecule has 0 aliphatic rings. The van der Waals surface area contributed by atoms with Crippen molar-refractivity contribution < 1.29 is 9.53 Å². The van der Waals surface area contributed by atoms with E-state index in [1.54, 1.807) is 12.3 Å². The van der Waals surface area contributed by atoms with Crippen LogP contribution in [0.25, 0.3) is 5.57 Å². The van der Waals surface area contributed by atoms with E-state index in [9.17, 15) is 10.1 Å². The Kier molecular flexibility index (Phi) is 5.55. The molecule has 0 fully saturated rings. The predicted molar refractivity (Wildman–Crippen MR) is 78.6 cm³/mol. The summed E-state index contributed by atoms with van der Waals surface area (Å²) in [7, 11) is 5.00. The van der Waals surface area contributed by atoms with E-state index in [-0.39, 0.29) is 5.57 Å². The first-order valence-electron chi connectivity index (χ1n) is 6.14. The van der Waals surface area contributed by atoms with Crippen LogP contribution in [0.4, 0.5) is 0 Å². The minimum absolute atomic E-state index is 0.00514. The molecule has 0 atom stereocenters. The highest BCUT2D eigenvalue weighted by molar-refractivity contribution is 6.03. The van der Waals surface area contributed by atoms with E-state index < -0.39 is 5.97 Å². The fraction of sp³-hybridized carbons (Fsp3) is 0.250. The number of carbonyl (C=O) groups excluding carboxylic acids is 1. The van der Waals surface area contributed by atoms with Crippen LogP contribution in [0.3, 0.4) is 0 Å². The van der Waals surface area contributed by atoms with Crippen molar-refractivity contribution in [3.05, 3.63) is 53.2 Å². The van der Waals surface area contributed by atoms with E-state index in [1.165, 1.54) is 7.11 Å². The fourth-order valence-corrected chi connectivity index (χ4v) is 1.60. The number of aryl methyl sites for hydroxylation is 1. The van der Waals surface area contributed by atoms with E-state index in [0.29, 0.717) is 5.57 Å². The molecule has 0 unspecified atom stereocenters. The maximum atomic E-state index is 11.7. The summed E-state index contributed by atoms with van der Waals surface area (Å²) in [6.45, 7) is 1.98. The third-order valence-electron chi connectivity index (χ3n) is 2.67. The summed E-state index contributed by atoms with van der Waals surface area (Å²) < 4.78 is 4.67. The van der Waals surface area contributed by atoms with Gasteiger partial charge in [-0.2, -0.15) is 5.26 Å². The van der Waals surface area contributed by atoms with Gasteiger partial charge in [-0.3, -0.25) is 0 Å². The standard InChI is InChI=1S/C16H18N2O2/c1-12-5-7-13(8-6-12)14(9-10-18(2)3)15(11-17)16(19)20-4/h5-10H,1-4H3. The van der Waals surface area contributed by atoms with Gasteiger partial charge in [0.15, 0.2) is 0 Å². The minimum atomic E-state index is -0.633. The van der Waals surface area contributed by atoms with Crippen LogP contribution in [0.2, 0.25) is 0 Å². The van der Waals surface area contributed by atoms with Crippen LogP contribution < -0.4 is 0 Å². The van der Waals surface area contributed by atoms with Gasteiger partial charge in [-0.05, 0) is 24.8 Å². The van der Waals surface area contributed by atoms with Gasteiger partial charge in [-0.25, -0.2) is 4.79 Å². The SMILES string of the molecule is COC(=O)C(C#N)=C(C=CN(C)C)c1ccc(C)cc1. The number of nitriles is 1. The highest BCUT2D eigenvalue weighted by atomic mass is 16.5. The van der Waals surface area contributed by atoms with Crippen LogP contribution in [-0.4, -0.2) is 32.1 Å². The van der Waals surface area contributed by atoms with E-state index in [4.69, 9.17) is 0 Å². The highest BCUT2D eigenvalue weighted by Gasteiger charge is 2.15. The average molecular weight is 270 g/mol. The first kappa shape index (κ1) is 15.5. The normalized spacial score (nSPS) is 11.8. The van der Waals surface area contributed by atoms with Crippen molar-refractivity contribution in [1.82, 2.24) is 4.90 Å². The Balaban J connectivity index is 3.42. The molecule has 1 rings (SSSR count). The lowest BCUT2D eigenvalue weighted by molar-refractivity contribution is -0.135. The maximum absolute atomic E-state index is 11.7. The summed E-state index contributed by atoms with van der Waals surface area (Å²) in [5, 5.41) is 9.22. The Bertz CT molecular complexity index is 575. The molecule has 0 amide bonds. The summed E-state index contributed by atoms with van der Waals surface area (Å²) in [5.41, 5.74) is 2.46. The fourth-order valence-electron chi connectivity index (χ4n) is 1.60. The molecule has 0 heterocycles. The third-order valence-corrected chi connectivity index (χ3v) is 2.67. The Morgan fingerprint density at radius 3 is 2.35 bits per heavy atom. The number of hydrogen-bond acceptors (Lipinski definition) is 4. The Morgan fingerprint density at radius 2 is 1.90 bits per heavy atom. The molecular weight excluding hydrogens is 252 g/mol. The number of benzene rings is 1. The number of methoxy groups -OCH3 is 1. The van der Waals surface area contributed by atoms with Gasteiger partial charge in [0.25, 0.3) is 0 Å². The molecule has 0 N–H and O–H groups in total. The number of ether oxygens (including phenoxy) is 1. The van der Waals surface area contributed by atoms with Gasteiger partial charge in [0.1, 0.15) is 11.6 Å². The van der Waals surface area contributed by atoms with Crippen LogP contribution in [0, 0.1) is 18.3 Å². The molecule has 0 radical (unpaired) electrons. The van der Waals surface area contributed by atoms with Crippen LogP contribution in [0.5, 0.6) is 0 Å². The van der Waals surface area contributed by atoms with Crippen molar-refractivity contribution in [2.75, 3.05) is 21.2 Å². The van der Waals surface area contributed by atoms with Gasteiger partial charge in [0.05, 0.1) is 7.11 Å². The third kappa shape index (κ3) is 3.99. The summed E-state index contributed by atoms with van der Waals surface area (Å²) in [6.07, 6.45) is 3.52. The van der Waals surface area contributed by atoms with Crippen LogP contribution in [0.15, 0.2) is 42.1 Å². The van der Waals surface area contributed by atoms with Crippen LogP contribution in [-0.2, 0) is 9.53 Å². The minimum Gasteiger partial charge on any atom is -0.465 e. The van der Waals surface area contributed by atoms with Crippen LogP contribution in [0.1, 0.15) is 11.1 Å². The summed E-state index contributed by atoms with van der Waals surface area (Å²) >= 11 is 0. The van der Waals surface area contributed by atoms with E-state index in [2.05, 4.69) is 4.74 Å². The van der Waals surface area contributed by atoms with Gasteiger partial charge >= 0.3 is 5.97 Å². The van der Waals surface area contributed by atoms with Gasteiger partial charge in [-0.1, -0.05) is 29.8 Å². The summed E-state index contributed by atoms with van der Waals surface area (Å²) in [4.78, 5) is 13.6. The molecule has 0 aliphatic heterocycles. The lowest BCUT2D eigenvalue weighted by atomic mass is 9.99. The first-order chi connectivity index (χ1) is 9.49. The molecular formula is C16H18N2O2. The number of carbonyl (C=O) groups is 1. The molecule has 20 heavy (non-hydrogen) atoms.